The van der Waals surface area contributed by atoms with E-state index in [0.29, 0.717) is 18.1 Å². The maximum atomic E-state index is 10.7. The van der Waals surface area contributed by atoms with Crippen molar-refractivity contribution in [3.8, 4) is 0 Å². The van der Waals surface area contributed by atoms with E-state index in [1.807, 2.05) is 13.2 Å². The fourth-order valence-corrected chi connectivity index (χ4v) is 2.06. The van der Waals surface area contributed by atoms with Gasteiger partial charge < -0.3 is 5.32 Å². The van der Waals surface area contributed by atoms with Gasteiger partial charge >= 0.3 is 0 Å². The quantitative estimate of drug-likeness (QED) is 0.667. The highest BCUT2D eigenvalue weighted by Gasteiger charge is 2.12. The Balaban J connectivity index is 2.11. The van der Waals surface area contributed by atoms with E-state index in [1.165, 1.54) is 6.07 Å². The molecule has 0 saturated heterocycles. The summed E-state index contributed by atoms with van der Waals surface area (Å²) in [5.41, 5.74) is 2.58. The van der Waals surface area contributed by atoms with Crippen LogP contribution in [-0.4, -0.2) is 19.7 Å². The van der Waals surface area contributed by atoms with Crippen LogP contribution in [0.15, 0.2) is 18.3 Å². The topological polar surface area (TPSA) is 85.9 Å². The molecule has 0 amide bonds. The third kappa shape index (κ3) is 2.93. The molecule has 106 valence electrons. The lowest BCUT2D eigenvalue weighted by Gasteiger charge is -2.06. The molecule has 2 rings (SSSR count). The zero-order valence-corrected chi connectivity index (χ0v) is 11.8. The van der Waals surface area contributed by atoms with Crippen LogP contribution in [0.1, 0.15) is 23.9 Å². The van der Waals surface area contributed by atoms with E-state index < -0.39 is 4.92 Å². The van der Waals surface area contributed by atoms with E-state index in [4.69, 9.17) is 0 Å². The number of nitrogens with one attached hydrogen (secondary N) is 1. The molecule has 20 heavy (non-hydrogen) atoms. The average molecular weight is 275 g/mol. The number of aromatic nitrogens is 3. The Morgan fingerprint density at radius 3 is 2.80 bits per heavy atom. The fraction of sp³-hybridized carbons (Fsp3) is 0.385. The van der Waals surface area contributed by atoms with Gasteiger partial charge in [-0.3, -0.25) is 14.8 Å². The molecule has 7 heteroatoms. The maximum absolute atomic E-state index is 10.7. The standard InChI is InChI=1S/C13H17N5O2/c1-4-11-10(8-17(3)16-11)7-14-13-6-5-12(18(19)20)9(2)15-13/h5-6,8H,4,7H2,1-3H3,(H,14,15). The third-order valence-corrected chi connectivity index (χ3v) is 3.04. The molecule has 2 aromatic heterocycles. The van der Waals surface area contributed by atoms with Crippen molar-refractivity contribution in [1.29, 1.82) is 0 Å². The molecule has 0 spiro atoms. The molecule has 2 heterocycles. The minimum Gasteiger partial charge on any atom is -0.366 e. The van der Waals surface area contributed by atoms with Crippen LogP contribution in [-0.2, 0) is 20.0 Å². The molecular formula is C13H17N5O2. The minimum atomic E-state index is -0.428. The van der Waals surface area contributed by atoms with Crippen molar-refractivity contribution in [1.82, 2.24) is 14.8 Å². The Labute approximate surface area is 116 Å². The summed E-state index contributed by atoms with van der Waals surface area (Å²) >= 11 is 0. The van der Waals surface area contributed by atoms with Gasteiger partial charge in [-0.15, -0.1) is 0 Å². The van der Waals surface area contributed by atoms with Gasteiger partial charge in [-0.1, -0.05) is 6.92 Å². The van der Waals surface area contributed by atoms with E-state index in [2.05, 4.69) is 22.3 Å². The molecule has 0 bridgehead atoms. The number of nitrogens with zero attached hydrogens (tertiary/aromatic N) is 4. The molecule has 0 saturated carbocycles. The van der Waals surface area contributed by atoms with Crippen LogP contribution >= 0.6 is 0 Å². The van der Waals surface area contributed by atoms with Gasteiger partial charge in [-0.2, -0.15) is 5.10 Å². The van der Waals surface area contributed by atoms with Crippen LogP contribution in [0.3, 0.4) is 0 Å². The first-order valence-electron chi connectivity index (χ1n) is 6.38. The predicted molar refractivity (Wildman–Crippen MR) is 75.5 cm³/mol. The van der Waals surface area contributed by atoms with Crippen molar-refractivity contribution in [2.45, 2.75) is 26.8 Å². The molecule has 0 atom stereocenters. The average Bonchev–Trinajstić information content (AvgIpc) is 2.76. The Bertz CT molecular complexity index is 636. The van der Waals surface area contributed by atoms with Gasteiger partial charge in [0.05, 0.1) is 10.6 Å². The van der Waals surface area contributed by atoms with E-state index in [0.717, 1.165) is 17.7 Å². The molecule has 0 aliphatic rings. The molecule has 1 N–H and O–H groups in total. The number of aryl methyl sites for hydroxylation is 3. The van der Waals surface area contributed by atoms with Crippen LogP contribution < -0.4 is 5.32 Å². The number of pyridine rings is 1. The molecule has 0 aromatic carbocycles. The van der Waals surface area contributed by atoms with Crippen LogP contribution in [0.4, 0.5) is 11.5 Å². The van der Waals surface area contributed by atoms with Gasteiger partial charge in [0.2, 0.25) is 0 Å². The first kappa shape index (κ1) is 14.0. The second kappa shape index (κ2) is 5.68. The van der Waals surface area contributed by atoms with E-state index in [9.17, 15) is 10.1 Å². The van der Waals surface area contributed by atoms with Crippen LogP contribution in [0.5, 0.6) is 0 Å². The SMILES string of the molecule is CCc1nn(C)cc1CNc1ccc([N+](=O)[O-])c(C)n1. The molecule has 7 nitrogen and oxygen atoms in total. The van der Waals surface area contributed by atoms with Gasteiger partial charge in [0.25, 0.3) is 5.69 Å². The van der Waals surface area contributed by atoms with Crippen LogP contribution in [0, 0.1) is 17.0 Å². The summed E-state index contributed by atoms with van der Waals surface area (Å²) in [6.07, 6.45) is 2.83. The Morgan fingerprint density at radius 2 is 2.20 bits per heavy atom. The van der Waals surface area contributed by atoms with E-state index >= 15 is 0 Å². The van der Waals surface area contributed by atoms with Crippen molar-refractivity contribution in [3.63, 3.8) is 0 Å². The molecule has 0 aliphatic heterocycles. The van der Waals surface area contributed by atoms with Gasteiger partial charge in [0, 0.05) is 31.4 Å². The summed E-state index contributed by atoms with van der Waals surface area (Å²) in [5.74, 6) is 0.624. The number of rotatable bonds is 5. The highest BCUT2D eigenvalue weighted by Crippen LogP contribution is 2.18. The predicted octanol–water partition coefficient (Wildman–Crippen LogP) is 2.21. The van der Waals surface area contributed by atoms with Crippen molar-refractivity contribution >= 4 is 11.5 Å². The lowest BCUT2D eigenvalue weighted by atomic mass is 10.2. The van der Waals surface area contributed by atoms with E-state index in [1.54, 1.807) is 17.7 Å². The van der Waals surface area contributed by atoms with Crippen molar-refractivity contribution in [3.05, 3.63) is 45.4 Å². The van der Waals surface area contributed by atoms with Gasteiger partial charge in [-0.05, 0) is 19.4 Å². The Kier molecular flexibility index (Phi) is 3.97. The second-order valence-electron chi connectivity index (χ2n) is 4.54. The summed E-state index contributed by atoms with van der Waals surface area (Å²) in [6, 6.07) is 3.09. The van der Waals surface area contributed by atoms with Crippen molar-refractivity contribution in [2.75, 3.05) is 5.32 Å². The summed E-state index contributed by atoms with van der Waals surface area (Å²) in [4.78, 5) is 14.5. The third-order valence-electron chi connectivity index (χ3n) is 3.04. The second-order valence-corrected chi connectivity index (χ2v) is 4.54. The summed E-state index contributed by atoms with van der Waals surface area (Å²) in [6.45, 7) is 4.28. The van der Waals surface area contributed by atoms with Crippen LogP contribution in [0.2, 0.25) is 0 Å². The monoisotopic (exact) mass is 275 g/mol. The zero-order valence-electron chi connectivity index (χ0n) is 11.8. The number of nitro groups is 1. The van der Waals surface area contributed by atoms with Gasteiger partial charge in [-0.25, -0.2) is 4.98 Å². The first-order valence-corrected chi connectivity index (χ1v) is 6.38. The molecular weight excluding hydrogens is 258 g/mol. The van der Waals surface area contributed by atoms with Crippen molar-refractivity contribution < 1.29 is 4.92 Å². The lowest BCUT2D eigenvalue weighted by Crippen LogP contribution is -2.04. The molecule has 0 fully saturated rings. The highest BCUT2D eigenvalue weighted by molar-refractivity contribution is 5.45. The number of hydrogen-bond acceptors (Lipinski definition) is 5. The minimum absolute atomic E-state index is 0.0335. The maximum Gasteiger partial charge on any atom is 0.290 e. The van der Waals surface area contributed by atoms with Gasteiger partial charge in [0.1, 0.15) is 11.5 Å². The highest BCUT2D eigenvalue weighted by atomic mass is 16.6. The molecule has 0 radical (unpaired) electrons. The first-order chi connectivity index (χ1) is 9.51. The molecule has 0 aliphatic carbocycles. The fourth-order valence-electron chi connectivity index (χ4n) is 2.06. The summed E-state index contributed by atoms with van der Waals surface area (Å²) in [5, 5.41) is 18.3. The van der Waals surface area contributed by atoms with Crippen LogP contribution in [0.25, 0.3) is 0 Å². The largest absolute Gasteiger partial charge is 0.366 e. The molecule has 0 unspecified atom stereocenters. The zero-order chi connectivity index (χ0) is 14.7. The summed E-state index contributed by atoms with van der Waals surface area (Å²) < 4.78 is 1.78. The van der Waals surface area contributed by atoms with Crippen molar-refractivity contribution in [2.24, 2.45) is 7.05 Å². The normalized spacial score (nSPS) is 10.6. The summed E-state index contributed by atoms with van der Waals surface area (Å²) in [7, 11) is 1.89. The molecule has 2 aromatic rings. The lowest BCUT2D eigenvalue weighted by molar-refractivity contribution is -0.385. The Hall–Kier alpha value is -2.44. The van der Waals surface area contributed by atoms with Gasteiger partial charge in [0.15, 0.2) is 0 Å². The number of hydrogen-bond donors (Lipinski definition) is 1. The smallest absolute Gasteiger partial charge is 0.290 e. The Morgan fingerprint density at radius 1 is 1.45 bits per heavy atom. The van der Waals surface area contributed by atoms with E-state index in [-0.39, 0.29) is 5.69 Å². The number of anilines is 1.